The van der Waals surface area contributed by atoms with Crippen LogP contribution >= 0.6 is 11.6 Å². The van der Waals surface area contributed by atoms with Crippen LogP contribution in [0.1, 0.15) is 17.0 Å². The zero-order valence-corrected chi connectivity index (χ0v) is 9.54. The van der Waals surface area contributed by atoms with Gasteiger partial charge < -0.3 is 14.6 Å². The molecule has 0 aliphatic carbocycles. The second-order valence-corrected chi connectivity index (χ2v) is 4.78. The SMILES string of the molecule is O=C(c1occc1Cl)N1CC2CCNCC21. The third-order valence-corrected chi connectivity index (χ3v) is 3.79. The monoisotopic (exact) mass is 240 g/mol. The zero-order valence-electron chi connectivity index (χ0n) is 8.78. The lowest BCUT2D eigenvalue weighted by molar-refractivity contribution is 0.000452. The number of nitrogens with one attached hydrogen (secondary N) is 1. The standard InChI is InChI=1S/C11H13ClN2O2/c12-8-2-4-16-10(8)11(15)14-6-7-1-3-13-5-9(7)14/h2,4,7,9,13H,1,3,5-6H2. The molecule has 16 heavy (non-hydrogen) atoms. The van der Waals surface area contributed by atoms with Crippen molar-refractivity contribution >= 4 is 17.5 Å². The van der Waals surface area contributed by atoms with E-state index in [4.69, 9.17) is 16.0 Å². The molecule has 0 radical (unpaired) electrons. The van der Waals surface area contributed by atoms with Crippen LogP contribution < -0.4 is 5.32 Å². The van der Waals surface area contributed by atoms with E-state index in [9.17, 15) is 4.79 Å². The Hall–Kier alpha value is -1.00. The van der Waals surface area contributed by atoms with E-state index in [2.05, 4.69) is 5.32 Å². The maximum absolute atomic E-state index is 12.1. The van der Waals surface area contributed by atoms with Crippen molar-refractivity contribution in [2.45, 2.75) is 12.5 Å². The number of fused-ring (bicyclic) bond motifs is 1. The highest BCUT2D eigenvalue weighted by atomic mass is 35.5. The predicted molar refractivity (Wildman–Crippen MR) is 59.5 cm³/mol. The van der Waals surface area contributed by atoms with Crippen LogP contribution in [0, 0.1) is 5.92 Å². The molecule has 2 aliphatic rings. The summed E-state index contributed by atoms with van der Waals surface area (Å²) in [5, 5.41) is 3.70. The van der Waals surface area contributed by atoms with Crippen molar-refractivity contribution in [2.75, 3.05) is 19.6 Å². The van der Waals surface area contributed by atoms with E-state index in [0.717, 1.165) is 26.1 Å². The van der Waals surface area contributed by atoms with Crippen LogP contribution in [0.3, 0.4) is 0 Å². The summed E-state index contributed by atoms with van der Waals surface area (Å²) in [6.45, 7) is 2.78. The quantitative estimate of drug-likeness (QED) is 0.807. The molecule has 2 unspecified atom stereocenters. The van der Waals surface area contributed by atoms with E-state index in [1.807, 2.05) is 4.90 Å². The Morgan fingerprint density at radius 1 is 1.62 bits per heavy atom. The van der Waals surface area contributed by atoms with Crippen LogP contribution in [0.5, 0.6) is 0 Å². The molecule has 1 aromatic heterocycles. The lowest BCUT2D eigenvalue weighted by Gasteiger charge is -2.50. The van der Waals surface area contributed by atoms with Gasteiger partial charge in [0.05, 0.1) is 11.3 Å². The van der Waals surface area contributed by atoms with E-state index in [1.165, 1.54) is 6.26 Å². The fraction of sp³-hybridized carbons (Fsp3) is 0.545. The van der Waals surface area contributed by atoms with Gasteiger partial charge in [-0.25, -0.2) is 0 Å². The summed E-state index contributed by atoms with van der Waals surface area (Å²) in [7, 11) is 0. The van der Waals surface area contributed by atoms with Crippen molar-refractivity contribution in [3.8, 4) is 0 Å². The normalized spacial score (nSPS) is 28.4. The Balaban J connectivity index is 1.75. The number of rotatable bonds is 1. The number of piperidine rings is 1. The van der Waals surface area contributed by atoms with Gasteiger partial charge in [-0.15, -0.1) is 0 Å². The highest BCUT2D eigenvalue weighted by Gasteiger charge is 2.44. The first-order valence-electron chi connectivity index (χ1n) is 5.52. The van der Waals surface area contributed by atoms with E-state index in [-0.39, 0.29) is 11.7 Å². The first-order valence-corrected chi connectivity index (χ1v) is 5.90. The number of amides is 1. The number of hydrogen-bond acceptors (Lipinski definition) is 3. The number of hydrogen-bond donors (Lipinski definition) is 1. The summed E-state index contributed by atoms with van der Waals surface area (Å²) in [4.78, 5) is 13.9. The fourth-order valence-corrected chi connectivity index (χ4v) is 2.71. The van der Waals surface area contributed by atoms with Crippen LogP contribution in [0.15, 0.2) is 16.7 Å². The van der Waals surface area contributed by atoms with Crippen molar-refractivity contribution in [1.82, 2.24) is 10.2 Å². The third kappa shape index (κ3) is 1.44. The smallest absolute Gasteiger partial charge is 0.291 e. The summed E-state index contributed by atoms with van der Waals surface area (Å²) in [6, 6.07) is 1.92. The maximum atomic E-state index is 12.1. The highest BCUT2D eigenvalue weighted by molar-refractivity contribution is 6.33. The minimum Gasteiger partial charge on any atom is -0.458 e. The van der Waals surface area contributed by atoms with Crippen LogP contribution in [0.25, 0.3) is 0 Å². The first kappa shape index (κ1) is 10.2. The van der Waals surface area contributed by atoms with Crippen LogP contribution in [0.2, 0.25) is 5.02 Å². The molecule has 0 saturated carbocycles. The third-order valence-electron chi connectivity index (χ3n) is 3.49. The second-order valence-electron chi connectivity index (χ2n) is 4.38. The van der Waals surface area contributed by atoms with E-state index < -0.39 is 0 Å². The summed E-state index contributed by atoms with van der Waals surface area (Å²) in [5.74, 6) is 0.838. The largest absolute Gasteiger partial charge is 0.458 e. The Morgan fingerprint density at radius 3 is 3.19 bits per heavy atom. The molecular formula is C11H13ClN2O2. The van der Waals surface area contributed by atoms with Gasteiger partial charge in [-0.3, -0.25) is 4.79 Å². The minimum atomic E-state index is -0.0834. The fourth-order valence-electron chi connectivity index (χ4n) is 2.53. The molecule has 2 atom stereocenters. The number of carbonyl (C=O) groups excluding carboxylic acids is 1. The zero-order chi connectivity index (χ0) is 11.1. The summed E-state index contributed by atoms with van der Waals surface area (Å²) < 4.78 is 5.12. The maximum Gasteiger partial charge on any atom is 0.291 e. The number of halogens is 1. The molecular weight excluding hydrogens is 228 g/mol. The van der Waals surface area contributed by atoms with Crippen LogP contribution in [-0.2, 0) is 0 Å². The Kier molecular flexibility index (Phi) is 2.41. The van der Waals surface area contributed by atoms with Crippen LogP contribution in [-0.4, -0.2) is 36.5 Å². The Bertz CT molecular complexity index is 418. The van der Waals surface area contributed by atoms with Gasteiger partial charge in [0.25, 0.3) is 5.91 Å². The highest BCUT2D eigenvalue weighted by Crippen LogP contribution is 2.32. The molecule has 2 saturated heterocycles. The predicted octanol–water partition coefficient (Wildman–Crippen LogP) is 1.37. The lowest BCUT2D eigenvalue weighted by atomic mass is 9.83. The molecule has 2 fully saturated rings. The molecule has 1 amide bonds. The van der Waals surface area contributed by atoms with Gasteiger partial charge in [-0.2, -0.15) is 0 Å². The number of likely N-dealkylation sites (tertiary alicyclic amines) is 1. The summed E-state index contributed by atoms with van der Waals surface area (Å²) in [6.07, 6.45) is 2.60. The van der Waals surface area contributed by atoms with Crippen molar-refractivity contribution < 1.29 is 9.21 Å². The van der Waals surface area contributed by atoms with Crippen molar-refractivity contribution in [3.05, 3.63) is 23.1 Å². The minimum absolute atomic E-state index is 0.0834. The Morgan fingerprint density at radius 2 is 2.50 bits per heavy atom. The molecule has 0 spiro atoms. The molecule has 5 heteroatoms. The topological polar surface area (TPSA) is 45.5 Å². The van der Waals surface area contributed by atoms with Gasteiger partial charge in [0.1, 0.15) is 0 Å². The molecule has 3 rings (SSSR count). The lowest BCUT2D eigenvalue weighted by Crippen LogP contribution is -2.65. The number of furan rings is 1. The second kappa shape index (κ2) is 3.79. The van der Waals surface area contributed by atoms with E-state index in [1.54, 1.807) is 6.07 Å². The van der Waals surface area contributed by atoms with Crippen molar-refractivity contribution in [3.63, 3.8) is 0 Å². The van der Waals surface area contributed by atoms with E-state index >= 15 is 0 Å². The molecule has 0 bridgehead atoms. The average Bonchev–Trinajstić information content (AvgIpc) is 2.66. The molecule has 2 aliphatic heterocycles. The Labute approximate surface area is 98.5 Å². The van der Waals surface area contributed by atoms with Crippen LogP contribution in [0.4, 0.5) is 0 Å². The van der Waals surface area contributed by atoms with Crippen molar-refractivity contribution in [1.29, 1.82) is 0 Å². The van der Waals surface area contributed by atoms with Gasteiger partial charge in [0.2, 0.25) is 5.76 Å². The molecule has 4 nitrogen and oxygen atoms in total. The van der Waals surface area contributed by atoms with Gasteiger partial charge >= 0.3 is 0 Å². The molecule has 86 valence electrons. The molecule has 1 N–H and O–H groups in total. The summed E-state index contributed by atoms with van der Waals surface area (Å²) in [5.41, 5.74) is 0. The van der Waals surface area contributed by atoms with Gasteiger partial charge in [-0.05, 0) is 24.9 Å². The van der Waals surface area contributed by atoms with Gasteiger partial charge in [-0.1, -0.05) is 11.6 Å². The first-order chi connectivity index (χ1) is 7.77. The number of carbonyl (C=O) groups is 1. The number of nitrogens with zero attached hydrogens (tertiary/aromatic N) is 1. The molecule has 3 heterocycles. The molecule has 0 aromatic carbocycles. The molecule has 1 aromatic rings. The van der Waals surface area contributed by atoms with Gasteiger partial charge in [0, 0.05) is 19.1 Å². The summed E-state index contributed by atoms with van der Waals surface area (Å²) >= 11 is 5.88. The average molecular weight is 241 g/mol. The van der Waals surface area contributed by atoms with Gasteiger partial charge in [0.15, 0.2) is 0 Å². The van der Waals surface area contributed by atoms with E-state index in [0.29, 0.717) is 17.0 Å². The van der Waals surface area contributed by atoms with Crippen molar-refractivity contribution in [2.24, 2.45) is 5.92 Å².